The number of benzene rings is 4. The van der Waals surface area contributed by atoms with Gasteiger partial charge in [0.25, 0.3) is 0 Å². The summed E-state index contributed by atoms with van der Waals surface area (Å²) in [7, 11) is 0. The van der Waals surface area contributed by atoms with Gasteiger partial charge in [0, 0.05) is 90.2 Å². The quantitative estimate of drug-likeness (QED) is 0.0581. The molecule has 4 aliphatic heterocycles. The Morgan fingerprint density at radius 2 is 1.64 bits per heavy atom. The van der Waals surface area contributed by atoms with Crippen molar-refractivity contribution in [3.05, 3.63) is 125 Å². The van der Waals surface area contributed by atoms with E-state index in [1.165, 1.54) is 21.8 Å². The number of hydrogen-bond acceptors (Lipinski definition) is 15. The minimum absolute atomic E-state index is 0.000223. The zero-order valence-corrected chi connectivity index (χ0v) is 46.5. The van der Waals surface area contributed by atoms with Gasteiger partial charge in [-0.1, -0.05) is 67.6 Å². The molecule has 5 aliphatic rings. The van der Waals surface area contributed by atoms with E-state index in [9.17, 15) is 24.2 Å². The summed E-state index contributed by atoms with van der Waals surface area (Å²) < 4.78 is 51.7. The lowest BCUT2D eigenvalue weighted by atomic mass is 9.88. The highest BCUT2D eigenvalue weighted by Gasteiger charge is 2.44. The summed E-state index contributed by atoms with van der Waals surface area (Å²) in [4.78, 5) is 46.7. The summed E-state index contributed by atoms with van der Waals surface area (Å²) in [5.74, 6) is -0.562. The van der Waals surface area contributed by atoms with Gasteiger partial charge >= 0.3 is 6.01 Å². The van der Waals surface area contributed by atoms with Gasteiger partial charge in [0.05, 0.1) is 56.1 Å². The van der Waals surface area contributed by atoms with E-state index < -0.39 is 48.5 Å². The maximum Gasteiger partial charge on any atom is 0.319 e. The van der Waals surface area contributed by atoms with Crippen LogP contribution in [-0.2, 0) is 20.9 Å². The second-order valence-corrected chi connectivity index (χ2v) is 23.2. The van der Waals surface area contributed by atoms with Crippen molar-refractivity contribution in [1.29, 1.82) is 0 Å². The van der Waals surface area contributed by atoms with Crippen LogP contribution in [-0.4, -0.2) is 137 Å². The predicted molar refractivity (Wildman–Crippen MR) is 305 cm³/mol. The minimum Gasteiger partial charge on any atom is -0.486 e. The predicted octanol–water partition coefficient (Wildman–Crippen LogP) is 8.04. The summed E-state index contributed by atoms with van der Waals surface area (Å²) in [5, 5.41) is 46.0. The Morgan fingerprint density at radius 3 is 2.36 bits per heavy atom. The molecule has 2 amide bonds. The van der Waals surface area contributed by atoms with Crippen LogP contribution in [0.5, 0.6) is 11.8 Å². The number of nitrogens with zero attached hydrogens (tertiary/aromatic N) is 9. The molecule has 13 rings (SSSR count). The first-order valence-corrected chi connectivity index (χ1v) is 28.9. The third-order valence-corrected chi connectivity index (χ3v) is 17.2. The molecule has 8 aromatic rings. The van der Waals surface area contributed by atoms with E-state index in [-0.39, 0.29) is 49.3 Å². The summed E-state index contributed by atoms with van der Waals surface area (Å²) in [6, 6.07) is 18.0. The Bertz CT molecular complexity index is 3710. The fourth-order valence-corrected chi connectivity index (χ4v) is 12.7. The first-order valence-electron chi connectivity index (χ1n) is 28.9. The van der Waals surface area contributed by atoms with Gasteiger partial charge in [0.2, 0.25) is 11.8 Å². The van der Waals surface area contributed by atoms with Crippen molar-refractivity contribution in [3.63, 3.8) is 0 Å². The summed E-state index contributed by atoms with van der Waals surface area (Å²) in [6.45, 7) is 7.93. The summed E-state index contributed by atoms with van der Waals surface area (Å²) in [5.41, 5.74) is 7.78. The van der Waals surface area contributed by atoms with E-state index in [2.05, 4.69) is 47.1 Å². The van der Waals surface area contributed by atoms with Gasteiger partial charge < -0.3 is 44.9 Å². The van der Waals surface area contributed by atoms with Crippen LogP contribution < -0.4 is 25.0 Å². The van der Waals surface area contributed by atoms with Crippen LogP contribution >= 0.6 is 0 Å². The van der Waals surface area contributed by atoms with E-state index in [0.717, 1.165) is 83.8 Å². The van der Waals surface area contributed by atoms with Crippen LogP contribution in [0.3, 0.4) is 0 Å². The fraction of sp³-hybridized carbons (Fsp3) is 0.419. The van der Waals surface area contributed by atoms with Crippen molar-refractivity contribution in [2.45, 2.75) is 121 Å². The van der Waals surface area contributed by atoms with Gasteiger partial charge in [0.15, 0.2) is 5.75 Å². The minimum atomic E-state index is -1.03. The number of β-amino-alcohol motifs (C(OH)–C–C–N with tert-alkyl or cyclic N) is 1. The van der Waals surface area contributed by atoms with Gasteiger partial charge in [-0.2, -0.15) is 15.1 Å². The van der Waals surface area contributed by atoms with Gasteiger partial charge in [-0.25, -0.2) is 13.5 Å². The molecule has 6 atom stereocenters. The van der Waals surface area contributed by atoms with Crippen molar-refractivity contribution >= 4 is 39.4 Å². The Balaban J connectivity index is 0.783. The van der Waals surface area contributed by atoms with Crippen molar-refractivity contribution in [2.24, 2.45) is 5.92 Å². The molecule has 0 spiro atoms. The Morgan fingerprint density at radius 1 is 0.880 bits per heavy atom. The van der Waals surface area contributed by atoms with Crippen molar-refractivity contribution in [2.75, 3.05) is 44.4 Å². The van der Waals surface area contributed by atoms with Gasteiger partial charge in [0.1, 0.15) is 53.5 Å². The SMILES string of the molecule is Cc1c(F)cc2[nH]ncc2c1-c1c(C2CC2)cc2c(N3CC4CCC(C3)N4)nc(OC3CCOCC3)nc2c1OCc1ccc(-c2cn([C@H](C(=O)N3C[C@H](O)C[C@H]3C(=O)N[C@@H](CO)c3ccc(-c4ccncc4F)cc3)C(C)C)nn2)cc1. The highest BCUT2D eigenvalue weighted by Crippen LogP contribution is 2.53. The smallest absolute Gasteiger partial charge is 0.319 e. The van der Waals surface area contributed by atoms with E-state index in [1.807, 2.05) is 38.1 Å². The van der Waals surface area contributed by atoms with Crippen molar-refractivity contribution in [3.8, 4) is 45.3 Å². The number of carbonyl (C=O) groups is 2. The zero-order chi connectivity index (χ0) is 57.0. The Hall–Kier alpha value is -7.98. The van der Waals surface area contributed by atoms with E-state index >= 15 is 4.39 Å². The number of aliphatic hydroxyl groups is 2. The Kier molecular flexibility index (Phi) is 14.8. The van der Waals surface area contributed by atoms with E-state index in [0.29, 0.717) is 88.4 Å². The molecule has 8 heterocycles. The van der Waals surface area contributed by atoms with Crippen LogP contribution in [0.2, 0.25) is 0 Å². The molecule has 430 valence electrons. The molecule has 2 bridgehead atoms. The van der Waals surface area contributed by atoms with Crippen LogP contribution in [0.15, 0.2) is 91.5 Å². The molecule has 21 heteroatoms. The van der Waals surface area contributed by atoms with E-state index in [4.69, 9.17) is 24.2 Å². The number of nitrogens with one attached hydrogen (secondary N) is 3. The van der Waals surface area contributed by atoms with Gasteiger partial charge in [-0.05, 0) is 90.5 Å². The van der Waals surface area contributed by atoms with Gasteiger partial charge in [-0.3, -0.25) is 19.7 Å². The molecule has 5 N–H and O–H groups in total. The molecule has 4 aromatic carbocycles. The number of aromatic nitrogens is 8. The lowest BCUT2D eigenvalue weighted by Crippen LogP contribution is -2.51. The number of aromatic amines is 1. The number of anilines is 1. The first-order chi connectivity index (χ1) is 40.3. The van der Waals surface area contributed by atoms with Crippen LogP contribution in [0.1, 0.15) is 99.0 Å². The second kappa shape index (κ2) is 22.6. The monoisotopic (exact) mass is 1130 g/mol. The van der Waals surface area contributed by atoms with Crippen LogP contribution in [0.25, 0.3) is 55.3 Å². The number of aliphatic hydroxyl groups excluding tert-OH is 2. The molecule has 1 aliphatic carbocycles. The lowest BCUT2D eigenvalue weighted by Gasteiger charge is -2.35. The number of rotatable bonds is 17. The fourth-order valence-electron chi connectivity index (χ4n) is 12.7. The average molecular weight is 1130 g/mol. The summed E-state index contributed by atoms with van der Waals surface area (Å²) in [6.07, 6.45) is 10.6. The highest BCUT2D eigenvalue weighted by molar-refractivity contribution is 6.06. The lowest BCUT2D eigenvalue weighted by molar-refractivity contribution is -0.142. The number of piperazine rings is 1. The number of likely N-dealkylation sites (tertiary alicyclic amines) is 1. The molecule has 1 saturated carbocycles. The number of carbonyl (C=O) groups excluding carboxylic acids is 2. The third kappa shape index (κ3) is 10.7. The summed E-state index contributed by atoms with van der Waals surface area (Å²) >= 11 is 0. The average Bonchev–Trinajstić information content (AvgIpc) is 2.49. The standard InChI is InChI=1S/C62H66F2N12O7/c1-33(2)57(61(80)75-29-42(78)22-53(75)60(79)68-52(31-77)39-12-10-36(11-13-39)44-16-19-65-26-49(44)64)76-30-51(72-73-76)38-6-4-35(5-7-38)32-82-58-55(54-34(3)48(63)24-50-47(54)25-66-71-50)45(37-8-9-37)23-46-56(58)69-62(83-43-17-20-81-21-18-43)70-59(46)74-27-40-14-15-41(28-74)67-40/h4-7,10-13,16,19,23-26,30,33,37,40-43,52-53,57,67,77-78H,8-9,14-15,17-18,20-22,27-29,31-32H2,1-3H3,(H,66,71)(H,68,79)/t40?,41?,42-,52+,53+,57+/m1/s1. The third-order valence-electron chi connectivity index (χ3n) is 17.2. The van der Waals surface area contributed by atoms with Crippen LogP contribution in [0, 0.1) is 24.5 Å². The highest BCUT2D eigenvalue weighted by atomic mass is 19.1. The number of amides is 2. The zero-order valence-electron chi connectivity index (χ0n) is 46.5. The number of ether oxygens (including phenoxy) is 3. The molecular formula is C62H66F2N12O7. The van der Waals surface area contributed by atoms with Crippen LogP contribution in [0.4, 0.5) is 14.6 Å². The maximum absolute atomic E-state index is 16.2. The molecule has 19 nitrogen and oxygen atoms in total. The topological polar surface area (TPSA) is 231 Å². The molecular weight excluding hydrogens is 1060 g/mol. The number of hydrogen-bond donors (Lipinski definition) is 5. The number of fused-ring (bicyclic) bond motifs is 4. The van der Waals surface area contributed by atoms with Crippen molar-refractivity contribution in [1.82, 2.24) is 55.7 Å². The molecule has 83 heavy (non-hydrogen) atoms. The normalized spacial score (nSPS) is 20.8. The maximum atomic E-state index is 16.2. The molecule has 4 saturated heterocycles. The molecule has 4 aromatic heterocycles. The largest absolute Gasteiger partial charge is 0.486 e. The first kappa shape index (κ1) is 54.3. The second-order valence-electron chi connectivity index (χ2n) is 23.2. The van der Waals surface area contributed by atoms with Gasteiger partial charge in [-0.15, -0.1) is 5.10 Å². The molecule has 0 radical (unpaired) electrons. The van der Waals surface area contributed by atoms with E-state index in [1.54, 1.807) is 49.6 Å². The number of pyridine rings is 1. The molecule has 2 unspecified atom stereocenters. The number of halogens is 2. The number of H-pyrrole nitrogens is 1. The Labute approximate surface area is 477 Å². The molecule has 5 fully saturated rings. The van der Waals surface area contributed by atoms with Crippen molar-refractivity contribution < 1.29 is 42.8 Å².